The second-order valence-electron chi connectivity index (χ2n) is 5.56. The molecule has 0 saturated carbocycles. The molecule has 1 aromatic carbocycles. The molecule has 3 rings (SSSR count). The number of anilines is 1. The Bertz CT molecular complexity index is 971. The third-order valence-corrected chi connectivity index (χ3v) is 3.52. The SMILES string of the molecule is Cc1cc(=O)[nH]c(-n2nc(C)cc2NC(=O)c2ccccc2C)n1. The van der Waals surface area contributed by atoms with Crippen molar-refractivity contribution in [1.82, 2.24) is 19.7 Å². The highest BCUT2D eigenvalue weighted by atomic mass is 16.1. The minimum Gasteiger partial charge on any atom is -0.306 e. The molecule has 1 amide bonds. The van der Waals surface area contributed by atoms with E-state index in [1.54, 1.807) is 26.0 Å². The predicted molar refractivity (Wildman–Crippen MR) is 90.6 cm³/mol. The number of nitrogens with one attached hydrogen (secondary N) is 2. The topological polar surface area (TPSA) is 92.7 Å². The van der Waals surface area contributed by atoms with Crippen LogP contribution in [0.1, 0.15) is 27.3 Å². The number of carbonyl (C=O) groups is 1. The fraction of sp³-hybridized carbons (Fsp3) is 0.176. The molecule has 0 bridgehead atoms. The van der Waals surface area contributed by atoms with Crippen molar-refractivity contribution in [2.24, 2.45) is 0 Å². The number of carbonyl (C=O) groups excluding carboxylic acids is 1. The molecule has 24 heavy (non-hydrogen) atoms. The van der Waals surface area contributed by atoms with Crippen molar-refractivity contribution in [3.63, 3.8) is 0 Å². The van der Waals surface area contributed by atoms with Gasteiger partial charge in [-0.05, 0) is 32.4 Å². The van der Waals surface area contributed by atoms with Gasteiger partial charge in [0.05, 0.1) is 5.69 Å². The van der Waals surface area contributed by atoms with Crippen LogP contribution in [-0.2, 0) is 0 Å². The molecule has 0 atom stereocenters. The summed E-state index contributed by atoms with van der Waals surface area (Å²) in [5.74, 6) is 0.451. The van der Waals surface area contributed by atoms with Gasteiger partial charge in [-0.1, -0.05) is 18.2 Å². The number of rotatable bonds is 3. The maximum Gasteiger partial charge on any atom is 0.257 e. The summed E-state index contributed by atoms with van der Waals surface area (Å²) in [6.45, 7) is 5.39. The number of hydrogen-bond acceptors (Lipinski definition) is 4. The molecule has 0 aliphatic carbocycles. The van der Waals surface area contributed by atoms with E-state index in [0.717, 1.165) is 5.56 Å². The zero-order chi connectivity index (χ0) is 17.3. The number of hydrogen-bond donors (Lipinski definition) is 2. The van der Waals surface area contributed by atoms with Crippen LogP contribution in [0.25, 0.3) is 5.95 Å². The summed E-state index contributed by atoms with van der Waals surface area (Å²) in [5.41, 5.74) is 2.44. The first kappa shape index (κ1) is 15.7. The lowest BCUT2D eigenvalue weighted by Crippen LogP contribution is -2.19. The van der Waals surface area contributed by atoms with Crippen molar-refractivity contribution >= 4 is 11.7 Å². The summed E-state index contributed by atoms with van der Waals surface area (Å²) in [5, 5.41) is 7.13. The van der Waals surface area contributed by atoms with Crippen LogP contribution in [0.3, 0.4) is 0 Å². The van der Waals surface area contributed by atoms with Crippen LogP contribution in [-0.4, -0.2) is 25.7 Å². The highest BCUT2D eigenvalue weighted by molar-refractivity contribution is 6.04. The minimum atomic E-state index is -0.276. The Morgan fingerprint density at radius 2 is 1.88 bits per heavy atom. The van der Waals surface area contributed by atoms with Gasteiger partial charge in [-0.25, -0.2) is 4.98 Å². The first-order chi connectivity index (χ1) is 11.4. The zero-order valence-corrected chi connectivity index (χ0v) is 13.6. The molecule has 0 aliphatic heterocycles. The Hall–Kier alpha value is -3.22. The fourth-order valence-corrected chi connectivity index (χ4v) is 2.42. The minimum absolute atomic E-state index is 0.246. The van der Waals surface area contributed by atoms with Gasteiger partial charge in [-0.15, -0.1) is 0 Å². The van der Waals surface area contributed by atoms with Crippen molar-refractivity contribution < 1.29 is 4.79 Å². The molecule has 0 unspecified atom stereocenters. The molecule has 7 heteroatoms. The molecule has 0 saturated heterocycles. The average Bonchev–Trinajstić information content (AvgIpc) is 2.87. The largest absolute Gasteiger partial charge is 0.306 e. The van der Waals surface area contributed by atoms with Crippen molar-refractivity contribution in [2.75, 3.05) is 5.32 Å². The summed E-state index contributed by atoms with van der Waals surface area (Å²) in [6, 6.07) is 10.4. The van der Waals surface area contributed by atoms with Crippen LogP contribution in [0.2, 0.25) is 0 Å². The quantitative estimate of drug-likeness (QED) is 0.772. The Kier molecular flexibility index (Phi) is 3.99. The normalized spacial score (nSPS) is 10.6. The van der Waals surface area contributed by atoms with Crippen LogP contribution in [0.5, 0.6) is 0 Å². The number of nitrogens with zero attached hydrogens (tertiary/aromatic N) is 3. The molecule has 122 valence electrons. The Labute approximate surface area is 138 Å². The van der Waals surface area contributed by atoms with Crippen LogP contribution < -0.4 is 10.9 Å². The standard InChI is InChI=1S/C17H17N5O2/c1-10-6-4-5-7-13(10)16(24)19-14-8-12(3)21-22(14)17-18-11(2)9-15(23)20-17/h4-9H,1-3H3,(H,19,24)(H,18,20,23). The van der Waals surface area contributed by atoms with Crippen molar-refractivity contribution in [2.45, 2.75) is 20.8 Å². The molecule has 0 aliphatic rings. The lowest BCUT2D eigenvalue weighted by molar-refractivity contribution is 0.102. The summed E-state index contributed by atoms with van der Waals surface area (Å²) >= 11 is 0. The second-order valence-corrected chi connectivity index (χ2v) is 5.56. The Morgan fingerprint density at radius 1 is 1.12 bits per heavy atom. The predicted octanol–water partition coefficient (Wildman–Crippen LogP) is 2.13. The number of aryl methyl sites for hydroxylation is 3. The van der Waals surface area contributed by atoms with Gasteiger partial charge in [-0.2, -0.15) is 9.78 Å². The third-order valence-electron chi connectivity index (χ3n) is 3.52. The van der Waals surface area contributed by atoms with E-state index in [4.69, 9.17) is 0 Å². The van der Waals surface area contributed by atoms with Crippen molar-refractivity contribution in [3.8, 4) is 5.95 Å². The van der Waals surface area contributed by atoms with Crippen LogP contribution in [0, 0.1) is 20.8 Å². The zero-order valence-electron chi connectivity index (χ0n) is 13.6. The van der Waals surface area contributed by atoms with Gasteiger partial charge in [0.15, 0.2) is 0 Å². The average molecular weight is 323 g/mol. The molecule has 0 spiro atoms. The molecule has 7 nitrogen and oxygen atoms in total. The molecular weight excluding hydrogens is 306 g/mol. The van der Waals surface area contributed by atoms with Gasteiger partial charge in [0.1, 0.15) is 5.82 Å². The molecular formula is C17H17N5O2. The first-order valence-electron chi connectivity index (χ1n) is 7.46. The van der Waals surface area contributed by atoms with Crippen LogP contribution in [0.4, 0.5) is 5.82 Å². The van der Waals surface area contributed by atoms with Crippen LogP contribution >= 0.6 is 0 Å². The number of benzene rings is 1. The molecule has 3 aromatic rings. The van der Waals surface area contributed by atoms with E-state index in [0.29, 0.717) is 22.8 Å². The monoisotopic (exact) mass is 323 g/mol. The maximum absolute atomic E-state index is 12.5. The van der Waals surface area contributed by atoms with Crippen molar-refractivity contribution in [3.05, 3.63) is 69.3 Å². The van der Waals surface area contributed by atoms with Gasteiger partial charge in [0.25, 0.3) is 11.5 Å². The number of H-pyrrole nitrogens is 1. The van der Waals surface area contributed by atoms with Gasteiger partial charge in [0.2, 0.25) is 5.95 Å². The van der Waals surface area contributed by atoms with Gasteiger partial charge < -0.3 is 5.32 Å². The Morgan fingerprint density at radius 3 is 2.58 bits per heavy atom. The first-order valence-corrected chi connectivity index (χ1v) is 7.46. The van der Waals surface area contributed by atoms with E-state index in [2.05, 4.69) is 20.4 Å². The number of aromatic amines is 1. The third kappa shape index (κ3) is 3.10. The van der Waals surface area contributed by atoms with Gasteiger partial charge in [0, 0.05) is 23.4 Å². The van der Waals surface area contributed by atoms with E-state index in [-0.39, 0.29) is 17.4 Å². The lowest BCUT2D eigenvalue weighted by Gasteiger charge is -2.09. The summed E-state index contributed by atoms with van der Waals surface area (Å²) in [6.07, 6.45) is 0. The van der Waals surface area contributed by atoms with Gasteiger partial charge >= 0.3 is 0 Å². The number of amides is 1. The lowest BCUT2D eigenvalue weighted by atomic mass is 10.1. The smallest absolute Gasteiger partial charge is 0.257 e. The second kappa shape index (κ2) is 6.11. The summed E-state index contributed by atoms with van der Waals surface area (Å²) in [4.78, 5) is 31.1. The van der Waals surface area contributed by atoms with E-state index in [1.807, 2.05) is 25.1 Å². The molecule has 0 radical (unpaired) electrons. The molecule has 2 heterocycles. The fourth-order valence-electron chi connectivity index (χ4n) is 2.42. The van der Waals surface area contributed by atoms with Gasteiger partial charge in [-0.3, -0.25) is 14.6 Å². The maximum atomic E-state index is 12.5. The highest BCUT2D eigenvalue weighted by Gasteiger charge is 2.15. The number of aromatic nitrogens is 4. The Balaban J connectivity index is 1.99. The summed E-state index contributed by atoms with van der Waals surface area (Å²) < 4.78 is 1.42. The van der Waals surface area contributed by atoms with Crippen LogP contribution in [0.15, 0.2) is 41.2 Å². The molecule has 2 N–H and O–H groups in total. The van der Waals surface area contributed by atoms with E-state index < -0.39 is 0 Å². The summed E-state index contributed by atoms with van der Waals surface area (Å²) in [7, 11) is 0. The van der Waals surface area contributed by atoms with E-state index in [1.165, 1.54) is 10.7 Å². The molecule has 0 fully saturated rings. The molecule has 2 aromatic heterocycles. The highest BCUT2D eigenvalue weighted by Crippen LogP contribution is 2.16. The van der Waals surface area contributed by atoms with Crippen molar-refractivity contribution in [1.29, 1.82) is 0 Å². The van der Waals surface area contributed by atoms with E-state index in [9.17, 15) is 9.59 Å². The van der Waals surface area contributed by atoms with E-state index >= 15 is 0 Å².